The Kier molecular flexibility index (Phi) is 5.20. The highest BCUT2D eigenvalue weighted by Crippen LogP contribution is 2.23. The van der Waals surface area contributed by atoms with Crippen molar-refractivity contribution in [2.75, 3.05) is 13.7 Å². The maximum absolute atomic E-state index is 8.58. The Morgan fingerprint density at radius 2 is 2.21 bits per heavy atom. The molecule has 0 amide bonds. The lowest BCUT2D eigenvalue weighted by atomic mass is 10.1. The lowest BCUT2D eigenvalue weighted by Gasteiger charge is -2.20. The smallest absolute Gasteiger partial charge is 0.174 e. The van der Waals surface area contributed by atoms with E-state index in [-0.39, 0.29) is 6.61 Å². The van der Waals surface area contributed by atoms with Crippen LogP contribution in [0.25, 0.3) is 0 Å². The number of methoxy groups -OCH3 is 1. The molecule has 1 aliphatic carbocycles. The van der Waals surface area contributed by atoms with Gasteiger partial charge >= 0.3 is 0 Å². The Bertz CT molecular complexity index is 442. The minimum Gasteiger partial charge on any atom is -0.478 e. The molecule has 102 valence electrons. The van der Waals surface area contributed by atoms with Gasteiger partial charge in [0, 0.05) is 25.3 Å². The third-order valence-electron chi connectivity index (χ3n) is 3.57. The molecule has 0 spiro atoms. The molecule has 1 fully saturated rings. The normalized spacial score (nSPS) is 22.1. The van der Waals surface area contributed by atoms with Crippen LogP contribution in [-0.4, -0.2) is 25.9 Å². The van der Waals surface area contributed by atoms with Crippen LogP contribution in [-0.2, 0) is 11.3 Å². The van der Waals surface area contributed by atoms with Crippen LogP contribution >= 0.6 is 0 Å². The highest BCUT2D eigenvalue weighted by Gasteiger charge is 2.26. The summed E-state index contributed by atoms with van der Waals surface area (Å²) < 4.78 is 10.9. The lowest BCUT2D eigenvalue weighted by molar-refractivity contribution is 0.0846. The van der Waals surface area contributed by atoms with Gasteiger partial charge in [-0.25, -0.2) is 0 Å². The SMILES string of the molecule is COC1CCCC1NCc1ccccc1OCC#N. The van der Waals surface area contributed by atoms with E-state index in [4.69, 9.17) is 14.7 Å². The van der Waals surface area contributed by atoms with Crippen molar-refractivity contribution < 1.29 is 9.47 Å². The van der Waals surface area contributed by atoms with Crippen molar-refractivity contribution in [1.29, 1.82) is 5.26 Å². The number of nitriles is 1. The largest absolute Gasteiger partial charge is 0.478 e. The predicted octanol–water partition coefficient (Wildman–Crippen LogP) is 2.25. The average Bonchev–Trinajstić information content (AvgIpc) is 2.91. The van der Waals surface area contributed by atoms with Crippen molar-refractivity contribution in [3.05, 3.63) is 29.8 Å². The number of hydrogen-bond acceptors (Lipinski definition) is 4. The molecule has 19 heavy (non-hydrogen) atoms. The van der Waals surface area contributed by atoms with E-state index in [1.54, 1.807) is 7.11 Å². The third-order valence-corrected chi connectivity index (χ3v) is 3.57. The first-order valence-electron chi connectivity index (χ1n) is 6.69. The minimum atomic E-state index is 0.0845. The summed E-state index contributed by atoms with van der Waals surface area (Å²) in [5.74, 6) is 0.781. The van der Waals surface area contributed by atoms with Crippen LogP contribution in [0.2, 0.25) is 0 Å². The van der Waals surface area contributed by atoms with Crippen molar-refractivity contribution in [3.63, 3.8) is 0 Å². The fourth-order valence-electron chi connectivity index (χ4n) is 2.58. The first kappa shape index (κ1) is 13.9. The number of rotatable bonds is 6. The van der Waals surface area contributed by atoms with E-state index >= 15 is 0 Å². The number of hydrogen-bond donors (Lipinski definition) is 1. The van der Waals surface area contributed by atoms with Crippen molar-refractivity contribution in [1.82, 2.24) is 5.32 Å². The maximum atomic E-state index is 8.58. The highest BCUT2D eigenvalue weighted by molar-refractivity contribution is 5.33. The monoisotopic (exact) mass is 260 g/mol. The Morgan fingerprint density at radius 1 is 1.37 bits per heavy atom. The molecule has 1 aliphatic rings. The third kappa shape index (κ3) is 3.69. The van der Waals surface area contributed by atoms with E-state index in [1.165, 1.54) is 6.42 Å². The highest BCUT2D eigenvalue weighted by atomic mass is 16.5. The van der Waals surface area contributed by atoms with Crippen molar-refractivity contribution >= 4 is 0 Å². The summed E-state index contributed by atoms with van der Waals surface area (Å²) in [6.45, 7) is 0.827. The molecule has 1 N–H and O–H groups in total. The number of para-hydroxylation sites is 1. The molecule has 2 rings (SSSR count). The van der Waals surface area contributed by atoms with E-state index in [9.17, 15) is 0 Å². The van der Waals surface area contributed by atoms with E-state index in [2.05, 4.69) is 5.32 Å². The molecule has 4 heteroatoms. The molecule has 0 aliphatic heterocycles. The van der Waals surface area contributed by atoms with E-state index in [0.717, 1.165) is 30.7 Å². The van der Waals surface area contributed by atoms with E-state index < -0.39 is 0 Å². The van der Waals surface area contributed by atoms with Crippen LogP contribution < -0.4 is 10.1 Å². The molecule has 0 heterocycles. The quantitative estimate of drug-likeness (QED) is 0.852. The molecule has 2 atom stereocenters. The zero-order valence-electron chi connectivity index (χ0n) is 11.3. The molecule has 0 saturated heterocycles. The molecule has 0 radical (unpaired) electrons. The zero-order valence-corrected chi connectivity index (χ0v) is 11.3. The maximum Gasteiger partial charge on any atom is 0.174 e. The molecule has 4 nitrogen and oxygen atoms in total. The molecule has 0 bridgehead atoms. The van der Waals surface area contributed by atoms with Crippen LogP contribution in [0.5, 0.6) is 5.75 Å². The van der Waals surface area contributed by atoms with Gasteiger partial charge in [-0.05, 0) is 25.3 Å². The molecule has 0 aromatic heterocycles. The standard InChI is InChI=1S/C15H20N2O2/c1-18-15-8-4-6-13(15)17-11-12-5-2-3-7-14(12)19-10-9-16/h2-3,5,7,13,15,17H,4,6,8,10-11H2,1H3. The second-order valence-electron chi connectivity index (χ2n) is 4.75. The minimum absolute atomic E-state index is 0.0845. The summed E-state index contributed by atoms with van der Waals surface area (Å²) in [5.41, 5.74) is 1.08. The van der Waals surface area contributed by atoms with Crippen LogP contribution in [0.4, 0.5) is 0 Å². The van der Waals surface area contributed by atoms with Crippen molar-refractivity contribution in [3.8, 4) is 11.8 Å². The number of ether oxygens (including phenoxy) is 2. The van der Waals surface area contributed by atoms with Gasteiger partial charge in [0.05, 0.1) is 6.10 Å². The summed E-state index contributed by atoms with van der Waals surface area (Å²) in [4.78, 5) is 0. The Morgan fingerprint density at radius 3 is 3.00 bits per heavy atom. The summed E-state index contributed by atoms with van der Waals surface area (Å²) in [6, 6.07) is 10.2. The molecular formula is C15H20N2O2. The summed E-state index contributed by atoms with van der Waals surface area (Å²) in [7, 11) is 1.77. The van der Waals surface area contributed by atoms with Gasteiger partial charge in [-0.15, -0.1) is 0 Å². The first-order valence-corrected chi connectivity index (χ1v) is 6.69. The van der Waals surface area contributed by atoms with E-state index in [1.807, 2.05) is 30.3 Å². The fourth-order valence-corrected chi connectivity index (χ4v) is 2.58. The number of nitrogens with one attached hydrogen (secondary N) is 1. The van der Waals surface area contributed by atoms with Crippen molar-refractivity contribution in [2.24, 2.45) is 0 Å². The van der Waals surface area contributed by atoms with Gasteiger partial charge in [-0.2, -0.15) is 5.26 Å². The molecule has 1 aromatic rings. The summed E-state index contributed by atoms with van der Waals surface area (Å²) in [5, 5.41) is 12.1. The Hall–Kier alpha value is -1.57. The lowest BCUT2D eigenvalue weighted by Crippen LogP contribution is -2.36. The molecule has 2 unspecified atom stereocenters. The van der Waals surface area contributed by atoms with Crippen LogP contribution in [0, 0.1) is 11.3 Å². The topological polar surface area (TPSA) is 54.3 Å². The predicted molar refractivity (Wildman–Crippen MR) is 72.8 cm³/mol. The summed E-state index contributed by atoms with van der Waals surface area (Å²) in [6.07, 6.45) is 3.80. The Labute approximate surface area is 114 Å². The van der Waals surface area contributed by atoms with Crippen LogP contribution in [0.1, 0.15) is 24.8 Å². The number of nitrogens with zero attached hydrogens (tertiary/aromatic N) is 1. The van der Waals surface area contributed by atoms with Crippen LogP contribution in [0.3, 0.4) is 0 Å². The van der Waals surface area contributed by atoms with Gasteiger partial charge in [0.15, 0.2) is 6.61 Å². The van der Waals surface area contributed by atoms with Gasteiger partial charge in [-0.3, -0.25) is 0 Å². The molecule has 1 saturated carbocycles. The van der Waals surface area contributed by atoms with E-state index in [0.29, 0.717) is 12.1 Å². The molecular weight excluding hydrogens is 240 g/mol. The Balaban J connectivity index is 1.93. The van der Waals surface area contributed by atoms with Gasteiger partial charge in [0.2, 0.25) is 0 Å². The average molecular weight is 260 g/mol. The summed E-state index contributed by atoms with van der Waals surface area (Å²) >= 11 is 0. The van der Waals surface area contributed by atoms with Gasteiger partial charge in [-0.1, -0.05) is 18.2 Å². The van der Waals surface area contributed by atoms with Gasteiger partial charge < -0.3 is 14.8 Å². The second-order valence-corrected chi connectivity index (χ2v) is 4.75. The van der Waals surface area contributed by atoms with Crippen molar-refractivity contribution in [2.45, 2.75) is 38.0 Å². The second kappa shape index (κ2) is 7.13. The fraction of sp³-hybridized carbons (Fsp3) is 0.533. The van der Waals surface area contributed by atoms with Gasteiger partial charge in [0.25, 0.3) is 0 Å². The van der Waals surface area contributed by atoms with Crippen LogP contribution in [0.15, 0.2) is 24.3 Å². The molecule has 1 aromatic carbocycles. The number of benzene rings is 1. The first-order chi connectivity index (χ1) is 9.35. The van der Waals surface area contributed by atoms with Gasteiger partial charge in [0.1, 0.15) is 11.8 Å². The zero-order chi connectivity index (χ0) is 13.5.